The van der Waals surface area contributed by atoms with Crippen molar-refractivity contribution in [1.29, 1.82) is 0 Å². The molecule has 0 spiro atoms. The van der Waals surface area contributed by atoms with Crippen LogP contribution in [0, 0.1) is 6.92 Å². The predicted octanol–water partition coefficient (Wildman–Crippen LogP) is 2.75. The van der Waals surface area contributed by atoms with Gasteiger partial charge in [0.15, 0.2) is 0 Å². The highest BCUT2D eigenvalue weighted by atomic mass is 79.9. The van der Waals surface area contributed by atoms with E-state index < -0.39 is 10.0 Å². The first-order valence-electron chi connectivity index (χ1n) is 6.35. The minimum absolute atomic E-state index is 0.128. The maximum absolute atomic E-state index is 12.9. The normalized spacial score (nSPS) is 11.8. The van der Waals surface area contributed by atoms with E-state index in [1.807, 2.05) is 0 Å². The third-order valence-electron chi connectivity index (χ3n) is 3.28. The van der Waals surface area contributed by atoms with Gasteiger partial charge in [0, 0.05) is 6.07 Å². The summed E-state index contributed by atoms with van der Waals surface area (Å²) in [5.74, 6) is 0.439. The van der Waals surface area contributed by atoms with Gasteiger partial charge in [-0.15, -0.1) is 9.19 Å². The number of nitrogens with zero attached hydrogens (tertiary/aromatic N) is 3. The molecule has 22 heavy (non-hydrogen) atoms. The lowest BCUT2D eigenvalue weighted by molar-refractivity contribution is 0.410. The Bertz CT molecular complexity index is 967. The third kappa shape index (κ3) is 2.28. The van der Waals surface area contributed by atoms with Crippen LogP contribution >= 0.6 is 15.9 Å². The molecule has 1 aromatic heterocycles. The molecule has 0 amide bonds. The number of aromatic nitrogens is 3. The number of para-hydroxylation sites is 1. The van der Waals surface area contributed by atoms with E-state index in [0.29, 0.717) is 26.8 Å². The Morgan fingerprint density at radius 2 is 1.95 bits per heavy atom. The molecule has 6 nitrogen and oxygen atoms in total. The second-order valence-corrected chi connectivity index (χ2v) is 7.27. The summed E-state index contributed by atoms with van der Waals surface area (Å²) < 4.78 is 32.6. The minimum atomic E-state index is -3.86. The Hall–Kier alpha value is -1.93. The van der Waals surface area contributed by atoms with Crippen molar-refractivity contribution < 1.29 is 13.2 Å². The smallest absolute Gasteiger partial charge is 0.285 e. The second-order valence-electron chi connectivity index (χ2n) is 4.68. The molecule has 0 aliphatic heterocycles. The van der Waals surface area contributed by atoms with Crippen LogP contribution < -0.4 is 4.74 Å². The molecule has 0 aliphatic rings. The van der Waals surface area contributed by atoms with Crippen LogP contribution in [0.15, 0.2) is 45.8 Å². The van der Waals surface area contributed by atoms with E-state index in [4.69, 9.17) is 4.74 Å². The third-order valence-corrected chi connectivity index (χ3v) is 5.62. The van der Waals surface area contributed by atoms with Crippen molar-refractivity contribution in [1.82, 2.24) is 14.4 Å². The molecule has 2 aromatic carbocycles. The van der Waals surface area contributed by atoms with Gasteiger partial charge in [-0.25, -0.2) is 0 Å². The first-order chi connectivity index (χ1) is 10.4. The zero-order chi connectivity index (χ0) is 15.9. The average Bonchev–Trinajstić information content (AvgIpc) is 2.91. The van der Waals surface area contributed by atoms with Crippen LogP contribution in [0.1, 0.15) is 5.56 Å². The summed E-state index contributed by atoms with van der Waals surface area (Å²) in [4.78, 5) is 0.128. The Balaban J connectivity index is 2.27. The van der Waals surface area contributed by atoms with E-state index in [0.717, 1.165) is 4.09 Å². The number of fused-ring (bicyclic) bond motifs is 1. The Labute approximate surface area is 135 Å². The van der Waals surface area contributed by atoms with Crippen molar-refractivity contribution >= 4 is 37.0 Å². The predicted molar refractivity (Wildman–Crippen MR) is 85.5 cm³/mol. The molecule has 0 aliphatic carbocycles. The fraction of sp³-hybridized carbons (Fsp3) is 0.143. The number of halogens is 1. The topological polar surface area (TPSA) is 74.1 Å². The number of hydrogen-bond donors (Lipinski definition) is 0. The molecule has 0 saturated carbocycles. The summed E-state index contributed by atoms with van der Waals surface area (Å²) >= 11 is 3.34. The number of hydrogen-bond acceptors (Lipinski definition) is 5. The number of benzene rings is 2. The quantitative estimate of drug-likeness (QED) is 0.697. The minimum Gasteiger partial charge on any atom is -0.496 e. The lowest BCUT2D eigenvalue weighted by Crippen LogP contribution is -2.16. The molecule has 0 unspecified atom stereocenters. The van der Waals surface area contributed by atoms with Crippen molar-refractivity contribution in [2.24, 2.45) is 0 Å². The highest BCUT2D eigenvalue weighted by molar-refractivity contribution is 9.10. The summed E-state index contributed by atoms with van der Waals surface area (Å²) in [5.41, 5.74) is 1.55. The van der Waals surface area contributed by atoms with Crippen LogP contribution in [0.25, 0.3) is 11.0 Å². The number of aryl methyl sites for hydroxylation is 1. The summed E-state index contributed by atoms with van der Waals surface area (Å²) in [6.45, 7) is 1.72. The van der Waals surface area contributed by atoms with E-state index in [9.17, 15) is 8.42 Å². The van der Waals surface area contributed by atoms with E-state index in [-0.39, 0.29) is 4.90 Å². The van der Waals surface area contributed by atoms with Gasteiger partial charge < -0.3 is 4.74 Å². The summed E-state index contributed by atoms with van der Waals surface area (Å²) in [5, 5.41) is 7.68. The first-order valence-corrected chi connectivity index (χ1v) is 8.58. The second kappa shape index (κ2) is 5.36. The van der Waals surface area contributed by atoms with E-state index >= 15 is 0 Å². The number of methoxy groups -OCH3 is 1. The Kier molecular flexibility index (Phi) is 3.65. The SMILES string of the molecule is COc1cc(S(=O)(=O)n2nnc3ccccc32)c(C)cc1Br. The molecule has 3 aromatic rings. The van der Waals surface area contributed by atoms with Crippen LogP contribution in [0.3, 0.4) is 0 Å². The van der Waals surface area contributed by atoms with Gasteiger partial charge >= 0.3 is 0 Å². The van der Waals surface area contributed by atoms with E-state index in [1.165, 1.54) is 13.2 Å². The fourth-order valence-electron chi connectivity index (χ4n) is 2.19. The van der Waals surface area contributed by atoms with Crippen molar-refractivity contribution in [3.63, 3.8) is 0 Å². The molecule has 0 bridgehead atoms. The molecule has 1 heterocycles. The fourth-order valence-corrected chi connectivity index (χ4v) is 4.26. The lowest BCUT2D eigenvalue weighted by atomic mass is 10.2. The maximum atomic E-state index is 12.9. The monoisotopic (exact) mass is 381 g/mol. The van der Waals surface area contributed by atoms with Gasteiger partial charge in [-0.1, -0.05) is 17.3 Å². The molecular weight excluding hydrogens is 370 g/mol. The van der Waals surface area contributed by atoms with Crippen molar-refractivity contribution in [3.05, 3.63) is 46.4 Å². The Morgan fingerprint density at radius 1 is 1.23 bits per heavy atom. The van der Waals surface area contributed by atoms with Gasteiger partial charge in [-0.2, -0.15) is 8.42 Å². The van der Waals surface area contributed by atoms with E-state index in [1.54, 1.807) is 37.3 Å². The molecule has 0 radical (unpaired) electrons. The zero-order valence-corrected chi connectivity index (χ0v) is 14.2. The number of ether oxygens (including phenoxy) is 1. The highest BCUT2D eigenvalue weighted by Crippen LogP contribution is 2.31. The molecular formula is C14H12BrN3O3S. The van der Waals surface area contributed by atoms with Gasteiger partial charge in [0.05, 0.1) is 16.5 Å². The van der Waals surface area contributed by atoms with Crippen LogP contribution in [0.5, 0.6) is 5.75 Å². The molecule has 0 N–H and O–H groups in total. The van der Waals surface area contributed by atoms with Crippen LogP contribution in [0.2, 0.25) is 0 Å². The molecule has 0 fully saturated rings. The van der Waals surface area contributed by atoms with Gasteiger partial charge in [0.1, 0.15) is 16.8 Å². The standard InChI is InChI=1S/C14H12BrN3O3S/c1-9-7-10(15)13(21-2)8-14(9)22(19,20)18-12-6-4-3-5-11(12)16-17-18/h3-8H,1-2H3. The van der Waals surface area contributed by atoms with Crippen LogP contribution in [-0.2, 0) is 10.0 Å². The van der Waals surface area contributed by atoms with Crippen molar-refractivity contribution in [3.8, 4) is 5.75 Å². The van der Waals surface area contributed by atoms with Gasteiger partial charge in [-0.3, -0.25) is 0 Å². The molecule has 0 atom stereocenters. The molecule has 3 rings (SSSR count). The molecule has 0 saturated heterocycles. The summed E-state index contributed by atoms with van der Waals surface area (Å²) in [7, 11) is -2.38. The van der Waals surface area contributed by atoms with Crippen LogP contribution in [-0.4, -0.2) is 29.9 Å². The maximum Gasteiger partial charge on any atom is 0.285 e. The zero-order valence-electron chi connectivity index (χ0n) is 11.8. The van der Waals surface area contributed by atoms with Gasteiger partial charge in [0.25, 0.3) is 10.0 Å². The lowest BCUT2D eigenvalue weighted by Gasteiger charge is -2.11. The van der Waals surface area contributed by atoms with E-state index in [2.05, 4.69) is 26.2 Å². The average molecular weight is 382 g/mol. The van der Waals surface area contributed by atoms with Gasteiger partial charge in [-0.05, 0) is 46.6 Å². The van der Waals surface area contributed by atoms with Gasteiger partial charge in [0.2, 0.25) is 0 Å². The van der Waals surface area contributed by atoms with Crippen molar-refractivity contribution in [2.75, 3.05) is 7.11 Å². The first kappa shape index (κ1) is 15.0. The molecule has 114 valence electrons. The van der Waals surface area contributed by atoms with Crippen LogP contribution in [0.4, 0.5) is 0 Å². The summed E-state index contributed by atoms with van der Waals surface area (Å²) in [6.07, 6.45) is 0. The Morgan fingerprint density at radius 3 is 2.68 bits per heavy atom. The largest absolute Gasteiger partial charge is 0.496 e. The highest BCUT2D eigenvalue weighted by Gasteiger charge is 2.24. The molecule has 8 heteroatoms. The number of rotatable bonds is 3. The van der Waals surface area contributed by atoms with Crippen molar-refractivity contribution in [2.45, 2.75) is 11.8 Å². The summed E-state index contributed by atoms with van der Waals surface area (Å²) in [6, 6.07) is 10.1.